The molecule has 0 aliphatic carbocycles. The Balaban J connectivity index is 1.37. The topological polar surface area (TPSA) is 129 Å². The van der Waals surface area contributed by atoms with Crippen LogP contribution in [0.4, 0.5) is 33.6 Å². The number of nitrogens with two attached hydrogens (primary N) is 1. The molecule has 2 fully saturated rings. The third-order valence-electron chi connectivity index (χ3n) is 6.69. The predicted octanol–water partition coefficient (Wildman–Crippen LogP) is 4.16. The fourth-order valence-corrected chi connectivity index (χ4v) is 4.73. The number of rotatable bonds is 8. The highest BCUT2D eigenvalue weighted by atomic mass is 16.2. The molecule has 0 unspecified atom stereocenters. The molecule has 3 aromatic rings. The van der Waals surface area contributed by atoms with E-state index >= 15 is 0 Å². The molecule has 0 saturated carbocycles. The van der Waals surface area contributed by atoms with Gasteiger partial charge in [-0.3, -0.25) is 4.79 Å². The number of amides is 3. The summed E-state index contributed by atoms with van der Waals surface area (Å²) in [5, 5.41) is 9.52. The Morgan fingerprint density at radius 1 is 0.946 bits per heavy atom. The first-order valence-corrected chi connectivity index (χ1v) is 12.7. The van der Waals surface area contributed by atoms with Gasteiger partial charge in [-0.15, -0.1) is 0 Å². The smallest absolute Gasteiger partial charge is 0.321 e. The molecule has 5 N–H and O–H groups in total. The fourth-order valence-electron chi connectivity index (χ4n) is 4.73. The number of nitrogens with one attached hydrogen (secondary N) is 3. The van der Waals surface area contributed by atoms with Crippen LogP contribution in [0.1, 0.15) is 41.6 Å². The molecular formula is C27H32N8O2. The largest absolute Gasteiger partial charge is 0.370 e. The van der Waals surface area contributed by atoms with E-state index in [9.17, 15) is 9.59 Å². The number of benzene rings is 2. The van der Waals surface area contributed by atoms with Gasteiger partial charge in [0.15, 0.2) is 0 Å². The lowest BCUT2D eigenvalue weighted by Gasteiger charge is -2.24. The summed E-state index contributed by atoms with van der Waals surface area (Å²) in [4.78, 5) is 37.8. The molecule has 10 heteroatoms. The van der Waals surface area contributed by atoms with Crippen LogP contribution in [-0.2, 0) is 6.54 Å². The second-order valence-corrected chi connectivity index (χ2v) is 9.33. The third-order valence-corrected chi connectivity index (χ3v) is 6.69. The second kappa shape index (κ2) is 11.2. The van der Waals surface area contributed by atoms with E-state index in [1.165, 1.54) is 6.20 Å². The minimum atomic E-state index is -0.607. The summed E-state index contributed by atoms with van der Waals surface area (Å²) >= 11 is 0. The average molecular weight is 501 g/mol. The van der Waals surface area contributed by atoms with Crippen LogP contribution < -0.4 is 26.6 Å². The minimum Gasteiger partial charge on any atom is -0.370 e. The van der Waals surface area contributed by atoms with Gasteiger partial charge >= 0.3 is 6.03 Å². The van der Waals surface area contributed by atoms with Gasteiger partial charge in [0.1, 0.15) is 5.82 Å². The van der Waals surface area contributed by atoms with Crippen LogP contribution in [0.2, 0.25) is 0 Å². The Bertz CT molecular complexity index is 1250. The van der Waals surface area contributed by atoms with Gasteiger partial charge in [0.25, 0.3) is 5.91 Å². The molecule has 37 heavy (non-hydrogen) atoms. The molecule has 2 aromatic carbocycles. The molecule has 10 nitrogen and oxygen atoms in total. The number of likely N-dealkylation sites (tertiary alicyclic amines) is 1. The molecule has 0 radical (unpaired) electrons. The first-order valence-electron chi connectivity index (χ1n) is 12.7. The maximum absolute atomic E-state index is 12.9. The molecule has 5 rings (SSSR count). The number of nitrogens with zero attached hydrogens (tertiary/aromatic N) is 4. The number of carbonyl (C=O) groups is 2. The molecule has 2 aliphatic rings. The van der Waals surface area contributed by atoms with Crippen LogP contribution >= 0.6 is 0 Å². The van der Waals surface area contributed by atoms with E-state index in [1.807, 2.05) is 53.4 Å². The SMILES string of the molecule is NC(=O)c1cnc(Nc2ccc(N3CCCC3)c(NC(=O)N3CCCC3)c2)nc1NCc1ccccc1. The van der Waals surface area contributed by atoms with Gasteiger partial charge in [0.2, 0.25) is 5.95 Å². The molecule has 3 amide bonds. The van der Waals surface area contributed by atoms with Crippen molar-refractivity contribution in [1.29, 1.82) is 0 Å². The Kier molecular flexibility index (Phi) is 7.34. The zero-order valence-electron chi connectivity index (χ0n) is 20.7. The zero-order valence-corrected chi connectivity index (χ0v) is 20.7. The van der Waals surface area contributed by atoms with E-state index in [0.717, 1.165) is 74.5 Å². The van der Waals surface area contributed by atoms with Gasteiger partial charge in [-0.1, -0.05) is 30.3 Å². The van der Waals surface area contributed by atoms with E-state index in [2.05, 4.69) is 30.8 Å². The zero-order chi connectivity index (χ0) is 25.6. The molecular weight excluding hydrogens is 468 g/mol. The normalized spacial score (nSPS) is 15.0. The van der Waals surface area contributed by atoms with Crippen LogP contribution in [0.5, 0.6) is 0 Å². The molecule has 0 spiro atoms. The van der Waals surface area contributed by atoms with Crippen molar-refractivity contribution >= 4 is 40.8 Å². The second-order valence-electron chi connectivity index (χ2n) is 9.33. The summed E-state index contributed by atoms with van der Waals surface area (Å²) in [6, 6.07) is 15.6. The summed E-state index contributed by atoms with van der Waals surface area (Å²) in [6.07, 6.45) is 5.76. The lowest BCUT2D eigenvalue weighted by Crippen LogP contribution is -2.33. The predicted molar refractivity (Wildman–Crippen MR) is 145 cm³/mol. The van der Waals surface area contributed by atoms with Crippen molar-refractivity contribution in [2.75, 3.05) is 47.0 Å². The standard InChI is InChI=1S/C27H32N8O2/c28-24(36)21-18-30-26(33-25(21)29-17-19-8-2-1-3-9-19)31-20-10-11-23(34-12-4-5-13-34)22(16-20)32-27(37)35-14-6-7-15-35/h1-3,8-11,16,18H,4-7,12-15,17H2,(H2,28,36)(H,32,37)(H2,29,30,31,33). The van der Waals surface area contributed by atoms with Crippen LogP contribution in [0.25, 0.3) is 0 Å². The van der Waals surface area contributed by atoms with Gasteiger partial charge in [0, 0.05) is 44.6 Å². The molecule has 192 valence electrons. The molecule has 2 saturated heterocycles. The van der Waals surface area contributed by atoms with Crippen molar-refractivity contribution in [3.63, 3.8) is 0 Å². The van der Waals surface area contributed by atoms with Crippen molar-refractivity contribution in [2.24, 2.45) is 5.73 Å². The Labute approximate surface area is 216 Å². The summed E-state index contributed by atoms with van der Waals surface area (Å²) < 4.78 is 0. The summed E-state index contributed by atoms with van der Waals surface area (Å²) in [5.41, 5.74) is 9.29. The lowest BCUT2D eigenvalue weighted by molar-refractivity contribution is 0.100. The summed E-state index contributed by atoms with van der Waals surface area (Å²) in [6.45, 7) is 3.97. The van der Waals surface area contributed by atoms with Crippen molar-refractivity contribution in [1.82, 2.24) is 14.9 Å². The number of aromatic nitrogens is 2. The quantitative estimate of drug-likeness (QED) is 0.366. The van der Waals surface area contributed by atoms with E-state index < -0.39 is 5.91 Å². The summed E-state index contributed by atoms with van der Waals surface area (Å²) in [7, 11) is 0. The lowest BCUT2D eigenvalue weighted by atomic mass is 10.2. The number of primary amides is 1. The average Bonchev–Trinajstić information content (AvgIpc) is 3.63. The van der Waals surface area contributed by atoms with E-state index in [-0.39, 0.29) is 11.6 Å². The number of hydrogen-bond acceptors (Lipinski definition) is 7. The van der Waals surface area contributed by atoms with Crippen LogP contribution in [0, 0.1) is 0 Å². The van der Waals surface area contributed by atoms with E-state index in [4.69, 9.17) is 5.73 Å². The summed E-state index contributed by atoms with van der Waals surface area (Å²) in [5.74, 6) is 0.0559. The number of anilines is 5. The monoisotopic (exact) mass is 500 g/mol. The molecule has 2 aliphatic heterocycles. The van der Waals surface area contributed by atoms with Crippen molar-refractivity contribution < 1.29 is 9.59 Å². The maximum atomic E-state index is 12.9. The van der Waals surface area contributed by atoms with Gasteiger partial charge < -0.3 is 31.5 Å². The Morgan fingerprint density at radius 3 is 2.41 bits per heavy atom. The number of hydrogen-bond donors (Lipinski definition) is 4. The third kappa shape index (κ3) is 5.91. The van der Waals surface area contributed by atoms with Crippen LogP contribution in [0.15, 0.2) is 54.7 Å². The highest BCUT2D eigenvalue weighted by molar-refractivity contribution is 5.97. The maximum Gasteiger partial charge on any atom is 0.321 e. The van der Waals surface area contributed by atoms with Crippen molar-refractivity contribution in [2.45, 2.75) is 32.2 Å². The van der Waals surface area contributed by atoms with Crippen LogP contribution in [-0.4, -0.2) is 53.0 Å². The number of urea groups is 1. The molecule has 3 heterocycles. The molecule has 0 atom stereocenters. The van der Waals surface area contributed by atoms with Gasteiger partial charge in [-0.05, 0) is 49.4 Å². The molecule has 1 aromatic heterocycles. The highest BCUT2D eigenvalue weighted by Gasteiger charge is 2.22. The highest BCUT2D eigenvalue weighted by Crippen LogP contribution is 2.33. The van der Waals surface area contributed by atoms with Crippen molar-refractivity contribution in [3.8, 4) is 0 Å². The van der Waals surface area contributed by atoms with Gasteiger partial charge in [-0.2, -0.15) is 4.98 Å². The Morgan fingerprint density at radius 2 is 1.68 bits per heavy atom. The first kappa shape index (κ1) is 24.4. The Hall–Kier alpha value is -4.34. The van der Waals surface area contributed by atoms with Gasteiger partial charge in [0.05, 0.1) is 16.9 Å². The first-order chi connectivity index (χ1) is 18.1. The van der Waals surface area contributed by atoms with Gasteiger partial charge in [-0.25, -0.2) is 9.78 Å². The van der Waals surface area contributed by atoms with E-state index in [1.54, 1.807) is 0 Å². The van der Waals surface area contributed by atoms with Crippen LogP contribution in [0.3, 0.4) is 0 Å². The number of carbonyl (C=O) groups excluding carboxylic acids is 2. The fraction of sp³-hybridized carbons (Fsp3) is 0.333. The molecule has 0 bridgehead atoms. The van der Waals surface area contributed by atoms with Crippen molar-refractivity contribution in [3.05, 3.63) is 65.9 Å². The van der Waals surface area contributed by atoms with E-state index in [0.29, 0.717) is 18.3 Å². The minimum absolute atomic E-state index is 0.0791.